The number of aromatic nitrogens is 2. The molecule has 1 unspecified atom stereocenters. The van der Waals surface area contributed by atoms with Crippen molar-refractivity contribution in [2.75, 3.05) is 39.4 Å². The van der Waals surface area contributed by atoms with Crippen LogP contribution in [0.3, 0.4) is 0 Å². The molecule has 2 aliphatic rings. The molecule has 7 heteroatoms. The number of aliphatic imine (C=N–C) groups is 1. The number of imidazole rings is 1. The lowest BCUT2D eigenvalue weighted by Crippen LogP contribution is -2.47. The number of nitrogens with zero attached hydrogens (tertiary/aromatic N) is 4. The number of guanidine groups is 1. The molecule has 1 aromatic heterocycles. The fourth-order valence-electron chi connectivity index (χ4n) is 4.58. The van der Waals surface area contributed by atoms with Crippen molar-refractivity contribution >= 4 is 17.0 Å². The van der Waals surface area contributed by atoms with E-state index in [9.17, 15) is 0 Å². The summed E-state index contributed by atoms with van der Waals surface area (Å²) in [5, 5.41) is 3.47. The minimum Gasteiger partial charge on any atom is -0.376 e. The summed E-state index contributed by atoms with van der Waals surface area (Å²) in [7, 11) is 0. The van der Waals surface area contributed by atoms with E-state index >= 15 is 0 Å². The van der Waals surface area contributed by atoms with E-state index in [0.717, 1.165) is 82.5 Å². The predicted molar refractivity (Wildman–Crippen MR) is 125 cm³/mol. The van der Waals surface area contributed by atoms with Crippen molar-refractivity contribution in [3.63, 3.8) is 0 Å². The highest BCUT2D eigenvalue weighted by molar-refractivity contribution is 5.80. The molecule has 170 valence electrons. The fourth-order valence-corrected chi connectivity index (χ4v) is 4.58. The summed E-state index contributed by atoms with van der Waals surface area (Å²) in [5.41, 5.74) is 2.23. The SMILES string of the molecule is CCNC(=NCCn1c(C)nc2ccccc21)N1CCC(OCC2CCCCO2)CC1. The van der Waals surface area contributed by atoms with Crippen molar-refractivity contribution in [1.29, 1.82) is 0 Å². The van der Waals surface area contributed by atoms with Crippen LogP contribution in [-0.2, 0) is 16.0 Å². The van der Waals surface area contributed by atoms with Crippen molar-refractivity contribution in [3.05, 3.63) is 30.1 Å². The summed E-state index contributed by atoms with van der Waals surface area (Å²) in [5.74, 6) is 2.06. The molecule has 1 aromatic carbocycles. The molecule has 2 fully saturated rings. The van der Waals surface area contributed by atoms with Gasteiger partial charge in [-0.25, -0.2) is 4.98 Å². The predicted octanol–water partition coefficient (Wildman–Crippen LogP) is 3.36. The maximum absolute atomic E-state index is 6.17. The molecule has 0 amide bonds. The van der Waals surface area contributed by atoms with Gasteiger partial charge in [-0.3, -0.25) is 4.99 Å². The molecule has 31 heavy (non-hydrogen) atoms. The number of fused-ring (bicyclic) bond motifs is 1. The number of likely N-dealkylation sites (tertiary alicyclic amines) is 1. The third-order valence-electron chi connectivity index (χ3n) is 6.30. The van der Waals surface area contributed by atoms with Crippen LogP contribution in [0, 0.1) is 6.92 Å². The van der Waals surface area contributed by atoms with Crippen LogP contribution >= 0.6 is 0 Å². The maximum Gasteiger partial charge on any atom is 0.193 e. The van der Waals surface area contributed by atoms with Gasteiger partial charge < -0.3 is 24.3 Å². The Morgan fingerprint density at radius 1 is 1.23 bits per heavy atom. The fraction of sp³-hybridized carbons (Fsp3) is 0.667. The third-order valence-corrected chi connectivity index (χ3v) is 6.30. The molecule has 0 radical (unpaired) electrons. The Balaban J connectivity index is 1.28. The van der Waals surface area contributed by atoms with Crippen LogP contribution in [0.4, 0.5) is 0 Å². The van der Waals surface area contributed by atoms with Gasteiger partial charge in [0.25, 0.3) is 0 Å². The van der Waals surface area contributed by atoms with E-state index < -0.39 is 0 Å². The lowest BCUT2D eigenvalue weighted by atomic mass is 10.1. The van der Waals surface area contributed by atoms with Gasteiger partial charge in [-0.15, -0.1) is 0 Å². The molecule has 3 heterocycles. The Labute approximate surface area is 185 Å². The van der Waals surface area contributed by atoms with Gasteiger partial charge in [-0.05, 0) is 58.1 Å². The highest BCUT2D eigenvalue weighted by Crippen LogP contribution is 2.18. The molecule has 0 bridgehead atoms. The van der Waals surface area contributed by atoms with Crippen LogP contribution in [0.25, 0.3) is 11.0 Å². The van der Waals surface area contributed by atoms with Gasteiger partial charge in [0, 0.05) is 32.8 Å². The Kier molecular flexibility index (Phi) is 7.81. The monoisotopic (exact) mass is 427 g/mol. The zero-order chi connectivity index (χ0) is 21.5. The van der Waals surface area contributed by atoms with Crippen LogP contribution < -0.4 is 5.32 Å². The molecular formula is C24H37N5O2. The van der Waals surface area contributed by atoms with Gasteiger partial charge in [0.2, 0.25) is 0 Å². The molecule has 2 aromatic rings. The van der Waals surface area contributed by atoms with Crippen molar-refractivity contribution in [2.45, 2.75) is 64.7 Å². The quantitative estimate of drug-likeness (QED) is 0.542. The second-order valence-corrected chi connectivity index (χ2v) is 8.54. The van der Waals surface area contributed by atoms with Gasteiger partial charge in [0.1, 0.15) is 5.82 Å². The first-order chi connectivity index (χ1) is 15.2. The zero-order valence-corrected chi connectivity index (χ0v) is 19.1. The average Bonchev–Trinajstić information content (AvgIpc) is 3.13. The average molecular weight is 428 g/mol. The smallest absolute Gasteiger partial charge is 0.193 e. The number of ether oxygens (including phenoxy) is 2. The summed E-state index contributed by atoms with van der Waals surface area (Å²) in [6, 6.07) is 8.31. The van der Waals surface area contributed by atoms with Gasteiger partial charge in [-0.2, -0.15) is 0 Å². The van der Waals surface area contributed by atoms with Crippen LogP contribution in [0.5, 0.6) is 0 Å². The summed E-state index contributed by atoms with van der Waals surface area (Å²) < 4.78 is 14.2. The van der Waals surface area contributed by atoms with Crippen LogP contribution in [-0.4, -0.2) is 72.0 Å². The lowest BCUT2D eigenvalue weighted by molar-refractivity contribution is -0.0721. The number of para-hydroxylation sites is 2. The van der Waals surface area contributed by atoms with E-state index in [4.69, 9.17) is 14.5 Å². The van der Waals surface area contributed by atoms with E-state index in [2.05, 4.69) is 51.8 Å². The van der Waals surface area contributed by atoms with Gasteiger partial charge in [-0.1, -0.05) is 12.1 Å². The normalized spacial score (nSPS) is 21.0. The summed E-state index contributed by atoms with van der Waals surface area (Å²) in [4.78, 5) is 12.0. The second kappa shape index (κ2) is 11.0. The Morgan fingerprint density at radius 2 is 2.06 bits per heavy atom. The molecule has 2 aliphatic heterocycles. The van der Waals surface area contributed by atoms with Crippen molar-refractivity contribution in [3.8, 4) is 0 Å². The van der Waals surface area contributed by atoms with E-state index in [-0.39, 0.29) is 0 Å². The molecule has 1 atom stereocenters. The Morgan fingerprint density at radius 3 is 2.84 bits per heavy atom. The van der Waals surface area contributed by atoms with Crippen LogP contribution in [0.2, 0.25) is 0 Å². The summed E-state index contributed by atoms with van der Waals surface area (Å²) in [6.07, 6.45) is 6.33. The minimum absolute atomic E-state index is 0.299. The van der Waals surface area contributed by atoms with E-state index in [0.29, 0.717) is 12.2 Å². The molecule has 0 spiro atoms. The Bertz CT molecular complexity index is 851. The molecule has 0 aliphatic carbocycles. The first kappa shape index (κ1) is 22.1. The second-order valence-electron chi connectivity index (χ2n) is 8.54. The number of piperidine rings is 1. The largest absolute Gasteiger partial charge is 0.376 e. The highest BCUT2D eigenvalue weighted by atomic mass is 16.5. The topological polar surface area (TPSA) is 63.9 Å². The van der Waals surface area contributed by atoms with Crippen LogP contribution in [0.15, 0.2) is 29.3 Å². The first-order valence-corrected chi connectivity index (χ1v) is 11.9. The Hall–Kier alpha value is -2.12. The van der Waals surface area contributed by atoms with Crippen molar-refractivity contribution in [1.82, 2.24) is 19.8 Å². The molecule has 2 saturated heterocycles. The molecule has 1 N–H and O–H groups in total. The van der Waals surface area contributed by atoms with Crippen LogP contribution in [0.1, 0.15) is 44.9 Å². The number of aryl methyl sites for hydroxylation is 1. The standard InChI is InChI=1S/C24H37N5O2/c1-3-25-24(26-13-16-29-19(2)27-22-9-4-5-10-23(22)29)28-14-11-20(12-15-28)31-18-21-8-6-7-17-30-21/h4-5,9-10,20-21H,3,6-8,11-18H2,1-2H3,(H,25,26). The van der Waals surface area contributed by atoms with Gasteiger partial charge >= 0.3 is 0 Å². The van der Waals surface area contributed by atoms with E-state index in [1.54, 1.807) is 0 Å². The number of benzene rings is 1. The maximum atomic E-state index is 6.17. The van der Waals surface area contributed by atoms with Gasteiger partial charge in [0.15, 0.2) is 5.96 Å². The minimum atomic E-state index is 0.299. The molecule has 7 nitrogen and oxygen atoms in total. The van der Waals surface area contributed by atoms with E-state index in [1.807, 2.05) is 6.07 Å². The first-order valence-electron chi connectivity index (χ1n) is 11.9. The third kappa shape index (κ3) is 5.77. The molecular weight excluding hydrogens is 390 g/mol. The van der Waals surface area contributed by atoms with Gasteiger partial charge in [0.05, 0.1) is 36.4 Å². The summed E-state index contributed by atoms with van der Waals surface area (Å²) in [6.45, 7) is 10.2. The number of hydrogen-bond donors (Lipinski definition) is 1. The lowest BCUT2D eigenvalue weighted by Gasteiger charge is -2.35. The zero-order valence-electron chi connectivity index (χ0n) is 19.1. The highest BCUT2D eigenvalue weighted by Gasteiger charge is 2.23. The number of nitrogens with one attached hydrogen (secondary N) is 1. The number of hydrogen-bond acceptors (Lipinski definition) is 4. The summed E-state index contributed by atoms with van der Waals surface area (Å²) >= 11 is 0. The van der Waals surface area contributed by atoms with E-state index in [1.165, 1.54) is 18.4 Å². The van der Waals surface area contributed by atoms with Crippen molar-refractivity contribution in [2.24, 2.45) is 4.99 Å². The molecule has 0 saturated carbocycles. The van der Waals surface area contributed by atoms with Crippen molar-refractivity contribution < 1.29 is 9.47 Å². The molecule has 4 rings (SSSR count). The number of rotatable bonds is 7.